The van der Waals surface area contributed by atoms with Crippen LogP contribution in [-0.2, 0) is 32.7 Å². The van der Waals surface area contributed by atoms with E-state index < -0.39 is 57.6 Å². The Morgan fingerprint density at radius 2 is 1.00 bits per heavy atom. The number of phosphoric acid groups is 1. The van der Waals surface area contributed by atoms with E-state index in [0.29, 0.717) is 12.8 Å². The Hall–Kier alpha value is -2.30. The van der Waals surface area contributed by atoms with Gasteiger partial charge in [-0.25, -0.2) is 9.36 Å². The number of carboxylic acids is 1. The largest absolute Gasteiger partial charge is 0.480 e. The molecule has 3 unspecified atom stereocenters. The third-order valence-electron chi connectivity index (χ3n) is 9.15. The first-order chi connectivity index (χ1) is 26.6. The standard InChI is InChI=1S/C43H78NO10P/c1-3-5-7-9-11-13-15-17-19-21-23-25-27-29-31-33-35-42(47)52-36-39(45)37-53-55(50,51)54-38-40(43(48)49)44-41(46)34-32-30-28-26-24-22-20-18-16-14-12-10-8-6-4-2/h12,14,18-21,39-40,45H,3-11,13,15-17,22-38H2,1-2H3,(H,44,46)(H,48,49)(H,50,51)/b14-12-,20-18-,21-19-. The lowest BCUT2D eigenvalue weighted by Gasteiger charge is -2.18. The lowest BCUT2D eigenvalue weighted by Crippen LogP contribution is -2.43. The SMILES string of the molecule is CCCCC/C=C\C/C=C\CCCCCCCC(=O)NC(COP(=O)(O)OCC(O)COC(=O)CCCCCCC/C=C\CCCCCCCCC)C(=O)O. The van der Waals surface area contributed by atoms with Crippen LogP contribution in [0.5, 0.6) is 0 Å². The summed E-state index contributed by atoms with van der Waals surface area (Å²) in [5, 5.41) is 21.8. The molecule has 3 atom stereocenters. The smallest absolute Gasteiger partial charge is 0.472 e. The highest BCUT2D eigenvalue weighted by molar-refractivity contribution is 7.47. The second-order valence-electron chi connectivity index (χ2n) is 14.5. The molecule has 1 amide bonds. The number of aliphatic hydroxyl groups is 1. The summed E-state index contributed by atoms with van der Waals surface area (Å²) in [6.07, 6.45) is 40.2. The van der Waals surface area contributed by atoms with Crippen LogP contribution in [0.3, 0.4) is 0 Å². The van der Waals surface area contributed by atoms with E-state index in [1.807, 2.05) is 0 Å². The number of unbranched alkanes of at least 4 members (excludes halogenated alkanes) is 20. The van der Waals surface area contributed by atoms with Gasteiger partial charge in [-0.05, 0) is 70.6 Å². The summed E-state index contributed by atoms with van der Waals surface area (Å²) in [6.45, 7) is 2.54. The quantitative estimate of drug-likeness (QED) is 0.0202. The van der Waals surface area contributed by atoms with Crippen LogP contribution >= 0.6 is 7.82 Å². The molecule has 0 aliphatic carbocycles. The molecule has 0 aromatic carbocycles. The second kappa shape index (κ2) is 38.6. The van der Waals surface area contributed by atoms with Crippen molar-refractivity contribution in [1.82, 2.24) is 5.32 Å². The summed E-state index contributed by atoms with van der Waals surface area (Å²) in [5.41, 5.74) is 0. The van der Waals surface area contributed by atoms with Crippen LogP contribution in [0.1, 0.15) is 187 Å². The average Bonchev–Trinajstić information content (AvgIpc) is 3.16. The van der Waals surface area contributed by atoms with Crippen LogP contribution in [0.15, 0.2) is 36.5 Å². The molecule has 4 N–H and O–H groups in total. The molecule has 320 valence electrons. The highest BCUT2D eigenvalue weighted by atomic mass is 31.2. The van der Waals surface area contributed by atoms with Gasteiger partial charge >= 0.3 is 19.8 Å². The van der Waals surface area contributed by atoms with Crippen molar-refractivity contribution in [3.05, 3.63) is 36.5 Å². The number of carbonyl (C=O) groups excluding carboxylic acids is 2. The van der Waals surface area contributed by atoms with Crippen molar-refractivity contribution in [3.63, 3.8) is 0 Å². The summed E-state index contributed by atoms with van der Waals surface area (Å²) >= 11 is 0. The zero-order valence-electron chi connectivity index (χ0n) is 34.5. The molecule has 0 spiro atoms. The van der Waals surface area contributed by atoms with Gasteiger partial charge in [0.2, 0.25) is 5.91 Å². The molecule has 0 saturated carbocycles. The van der Waals surface area contributed by atoms with Crippen LogP contribution in [0.2, 0.25) is 0 Å². The monoisotopic (exact) mass is 800 g/mol. The Morgan fingerprint density at radius 1 is 0.582 bits per heavy atom. The lowest BCUT2D eigenvalue weighted by atomic mass is 10.1. The number of ether oxygens (including phenoxy) is 1. The lowest BCUT2D eigenvalue weighted by molar-refractivity contribution is -0.147. The zero-order valence-corrected chi connectivity index (χ0v) is 35.4. The Labute approximate surface area is 333 Å². The maximum Gasteiger partial charge on any atom is 0.472 e. The third-order valence-corrected chi connectivity index (χ3v) is 10.1. The molecule has 0 rings (SSSR count). The average molecular weight is 800 g/mol. The molecule has 0 radical (unpaired) electrons. The van der Waals surface area contributed by atoms with Crippen LogP contribution in [0.25, 0.3) is 0 Å². The molecule has 0 heterocycles. The van der Waals surface area contributed by atoms with E-state index in [9.17, 15) is 34.1 Å². The second-order valence-corrected chi connectivity index (χ2v) is 16.0. The van der Waals surface area contributed by atoms with E-state index in [4.69, 9.17) is 13.8 Å². The highest BCUT2D eigenvalue weighted by Crippen LogP contribution is 2.43. The van der Waals surface area contributed by atoms with Crippen LogP contribution in [0.4, 0.5) is 0 Å². The number of esters is 1. The Bertz CT molecular complexity index is 1080. The summed E-state index contributed by atoms with van der Waals surface area (Å²) in [4.78, 5) is 45.8. The summed E-state index contributed by atoms with van der Waals surface area (Å²) in [6, 6.07) is -1.55. The van der Waals surface area contributed by atoms with Gasteiger partial charge in [0.1, 0.15) is 12.7 Å². The number of amides is 1. The number of carboxylic acid groups (broad SMARTS) is 1. The minimum Gasteiger partial charge on any atom is -0.480 e. The van der Waals surface area contributed by atoms with E-state index in [0.717, 1.165) is 83.5 Å². The molecule has 0 aliphatic heterocycles. The van der Waals surface area contributed by atoms with E-state index in [2.05, 4.69) is 55.6 Å². The van der Waals surface area contributed by atoms with E-state index in [1.165, 1.54) is 64.2 Å². The maximum atomic E-state index is 12.3. The predicted molar refractivity (Wildman–Crippen MR) is 222 cm³/mol. The molecule has 11 nitrogen and oxygen atoms in total. The summed E-state index contributed by atoms with van der Waals surface area (Å²) < 4.78 is 26.8. The molecule has 0 bridgehead atoms. The first-order valence-corrected chi connectivity index (χ1v) is 23.0. The van der Waals surface area contributed by atoms with Crippen LogP contribution < -0.4 is 5.32 Å². The van der Waals surface area contributed by atoms with Gasteiger partial charge in [-0.3, -0.25) is 18.6 Å². The fraction of sp³-hybridized carbons (Fsp3) is 0.791. The van der Waals surface area contributed by atoms with Gasteiger partial charge in [0.25, 0.3) is 0 Å². The van der Waals surface area contributed by atoms with Crippen molar-refractivity contribution in [3.8, 4) is 0 Å². The number of phosphoric ester groups is 1. The normalized spacial score (nSPS) is 14.1. The maximum absolute atomic E-state index is 12.3. The van der Waals surface area contributed by atoms with Gasteiger partial charge in [0, 0.05) is 12.8 Å². The molecular formula is C43H78NO10P. The van der Waals surface area contributed by atoms with Crippen molar-refractivity contribution >= 4 is 25.7 Å². The van der Waals surface area contributed by atoms with Gasteiger partial charge in [0.05, 0.1) is 13.2 Å². The number of aliphatic hydroxyl groups excluding tert-OH is 1. The third kappa shape index (κ3) is 38.4. The van der Waals surface area contributed by atoms with E-state index in [1.54, 1.807) is 0 Å². The molecule has 0 aromatic heterocycles. The van der Waals surface area contributed by atoms with Gasteiger partial charge in [-0.1, -0.05) is 140 Å². The molecule has 0 aromatic rings. The fourth-order valence-corrected chi connectivity index (χ4v) is 6.52. The zero-order chi connectivity index (χ0) is 40.7. The molecule has 0 aliphatic rings. The molecule has 55 heavy (non-hydrogen) atoms. The number of nitrogens with one attached hydrogen (secondary N) is 1. The number of allylic oxidation sites excluding steroid dienone is 6. The minimum absolute atomic E-state index is 0.129. The fourth-order valence-electron chi connectivity index (χ4n) is 5.75. The van der Waals surface area contributed by atoms with Crippen molar-refractivity contribution in [1.29, 1.82) is 0 Å². The van der Waals surface area contributed by atoms with Gasteiger partial charge in [0.15, 0.2) is 6.04 Å². The number of hydrogen-bond donors (Lipinski definition) is 4. The predicted octanol–water partition coefficient (Wildman–Crippen LogP) is 10.8. The summed E-state index contributed by atoms with van der Waals surface area (Å²) in [7, 11) is -4.76. The number of carbonyl (C=O) groups is 3. The van der Waals surface area contributed by atoms with Crippen LogP contribution in [0, 0.1) is 0 Å². The molecule has 0 fully saturated rings. The Kier molecular flexibility index (Phi) is 37.0. The first-order valence-electron chi connectivity index (χ1n) is 21.5. The highest BCUT2D eigenvalue weighted by Gasteiger charge is 2.28. The molecular weight excluding hydrogens is 721 g/mol. The Balaban J connectivity index is 3.94. The molecule has 0 saturated heterocycles. The number of hydrogen-bond acceptors (Lipinski definition) is 8. The first kappa shape index (κ1) is 52.7. The number of rotatable bonds is 40. The topological polar surface area (TPSA) is 169 Å². The van der Waals surface area contributed by atoms with Crippen molar-refractivity contribution in [2.75, 3.05) is 19.8 Å². The van der Waals surface area contributed by atoms with Crippen LogP contribution in [-0.4, -0.2) is 64.9 Å². The summed E-state index contributed by atoms with van der Waals surface area (Å²) in [5.74, 6) is -2.40. The van der Waals surface area contributed by atoms with E-state index >= 15 is 0 Å². The van der Waals surface area contributed by atoms with Crippen molar-refractivity contribution in [2.24, 2.45) is 0 Å². The molecule has 12 heteroatoms. The number of aliphatic carboxylic acids is 1. The minimum atomic E-state index is -4.76. The van der Waals surface area contributed by atoms with Gasteiger partial charge < -0.3 is 25.2 Å². The van der Waals surface area contributed by atoms with E-state index in [-0.39, 0.29) is 12.8 Å². The van der Waals surface area contributed by atoms with Gasteiger partial charge in [-0.2, -0.15) is 0 Å². The van der Waals surface area contributed by atoms with Crippen molar-refractivity contribution < 1.29 is 47.8 Å². The Morgan fingerprint density at radius 3 is 1.53 bits per heavy atom. The van der Waals surface area contributed by atoms with Gasteiger partial charge in [-0.15, -0.1) is 0 Å². The van der Waals surface area contributed by atoms with Crippen molar-refractivity contribution in [2.45, 2.75) is 199 Å².